The van der Waals surface area contributed by atoms with Crippen LogP contribution in [0, 0.1) is 0 Å². The van der Waals surface area contributed by atoms with E-state index in [0.717, 1.165) is 37.4 Å². The van der Waals surface area contributed by atoms with Gasteiger partial charge in [-0.1, -0.05) is 30.3 Å². The molecule has 0 saturated carbocycles. The summed E-state index contributed by atoms with van der Waals surface area (Å²) in [5.41, 5.74) is 4.02. The summed E-state index contributed by atoms with van der Waals surface area (Å²) in [6.07, 6.45) is 6.51. The molecule has 120 valence electrons. The van der Waals surface area contributed by atoms with Gasteiger partial charge in [0.05, 0.1) is 14.2 Å². The molecule has 2 aromatic rings. The third-order valence-corrected chi connectivity index (χ3v) is 4.32. The zero-order valence-corrected chi connectivity index (χ0v) is 13.8. The van der Waals surface area contributed by atoms with Crippen LogP contribution in [0.2, 0.25) is 0 Å². The summed E-state index contributed by atoms with van der Waals surface area (Å²) >= 11 is 0. The summed E-state index contributed by atoms with van der Waals surface area (Å²) in [5, 5.41) is 0. The lowest BCUT2D eigenvalue weighted by Crippen LogP contribution is -2.22. The predicted octanol–water partition coefficient (Wildman–Crippen LogP) is 3.78. The molecule has 0 N–H and O–H groups in total. The van der Waals surface area contributed by atoms with Crippen LogP contribution in [0.1, 0.15) is 16.7 Å². The molecular weight excluding hydrogens is 286 g/mol. The smallest absolute Gasteiger partial charge is 0.160 e. The highest BCUT2D eigenvalue weighted by Gasteiger charge is 2.09. The first-order valence-corrected chi connectivity index (χ1v) is 8.01. The Kier molecular flexibility index (Phi) is 4.86. The Balaban J connectivity index is 1.63. The number of rotatable bonds is 5. The van der Waals surface area contributed by atoms with Crippen LogP contribution in [-0.4, -0.2) is 32.2 Å². The van der Waals surface area contributed by atoms with E-state index >= 15 is 0 Å². The summed E-state index contributed by atoms with van der Waals surface area (Å²) in [5.74, 6) is 1.57. The highest BCUT2D eigenvalue weighted by molar-refractivity contribution is 5.54. The first-order valence-electron chi connectivity index (χ1n) is 8.01. The third-order valence-electron chi connectivity index (χ3n) is 4.32. The fraction of sp³-hybridized carbons (Fsp3) is 0.300. The Morgan fingerprint density at radius 2 is 1.83 bits per heavy atom. The van der Waals surface area contributed by atoms with Crippen LogP contribution >= 0.6 is 0 Å². The van der Waals surface area contributed by atoms with Crippen LogP contribution in [0.3, 0.4) is 0 Å². The highest BCUT2D eigenvalue weighted by atomic mass is 16.5. The van der Waals surface area contributed by atoms with Gasteiger partial charge in [0.15, 0.2) is 11.5 Å². The summed E-state index contributed by atoms with van der Waals surface area (Å²) in [6.45, 7) is 2.06. The molecule has 0 amide bonds. The van der Waals surface area contributed by atoms with Crippen LogP contribution in [0.4, 0.5) is 0 Å². The number of hydrogen-bond acceptors (Lipinski definition) is 3. The van der Waals surface area contributed by atoms with Gasteiger partial charge in [-0.3, -0.25) is 0 Å². The van der Waals surface area contributed by atoms with Crippen LogP contribution in [0.25, 0.3) is 6.08 Å². The lowest BCUT2D eigenvalue weighted by molar-refractivity contribution is 0.353. The van der Waals surface area contributed by atoms with E-state index in [1.165, 1.54) is 16.7 Å². The van der Waals surface area contributed by atoms with Gasteiger partial charge < -0.3 is 14.4 Å². The minimum absolute atomic E-state index is 0.779. The molecule has 1 heterocycles. The van der Waals surface area contributed by atoms with Gasteiger partial charge in [-0.05, 0) is 53.9 Å². The number of benzene rings is 2. The van der Waals surface area contributed by atoms with Gasteiger partial charge in [0.25, 0.3) is 0 Å². The molecule has 0 fully saturated rings. The molecule has 0 aromatic heterocycles. The zero-order valence-electron chi connectivity index (χ0n) is 13.8. The van der Waals surface area contributed by atoms with Crippen LogP contribution in [0.5, 0.6) is 11.5 Å². The van der Waals surface area contributed by atoms with E-state index in [4.69, 9.17) is 9.47 Å². The number of fused-ring (bicyclic) bond motifs is 1. The van der Waals surface area contributed by atoms with Gasteiger partial charge in [-0.2, -0.15) is 0 Å². The van der Waals surface area contributed by atoms with E-state index in [0.29, 0.717) is 0 Å². The largest absolute Gasteiger partial charge is 0.493 e. The maximum absolute atomic E-state index is 5.38. The van der Waals surface area contributed by atoms with E-state index < -0.39 is 0 Å². The molecule has 3 rings (SSSR count). The average Bonchev–Trinajstić information content (AvgIpc) is 2.82. The summed E-state index contributed by atoms with van der Waals surface area (Å²) in [4.78, 5) is 2.39. The Morgan fingerprint density at radius 3 is 2.65 bits per heavy atom. The van der Waals surface area contributed by atoms with Gasteiger partial charge >= 0.3 is 0 Å². The second-order valence-electron chi connectivity index (χ2n) is 5.74. The van der Waals surface area contributed by atoms with Crippen LogP contribution in [0.15, 0.2) is 48.7 Å². The topological polar surface area (TPSA) is 21.7 Å². The molecule has 1 aliphatic heterocycles. The third kappa shape index (κ3) is 3.67. The molecule has 0 spiro atoms. The zero-order chi connectivity index (χ0) is 16.1. The van der Waals surface area contributed by atoms with Crippen molar-refractivity contribution < 1.29 is 9.47 Å². The molecule has 23 heavy (non-hydrogen) atoms. The van der Waals surface area contributed by atoms with E-state index in [1.54, 1.807) is 14.2 Å². The Bertz CT molecular complexity index is 694. The van der Waals surface area contributed by atoms with E-state index in [2.05, 4.69) is 53.6 Å². The summed E-state index contributed by atoms with van der Waals surface area (Å²) < 4.78 is 10.7. The standard InChI is InChI=1S/C20H23NO2/c1-22-19-8-7-16(15-20(19)23-2)9-12-21-13-10-17-5-3-4-6-18(17)11-14-21/h3-8,10,13,15H,9,11-12,14H2,1-2H3. The van der Waals surface area contributed by atoms with Crippen molar-refractivity contribution in [2.45, 2.75) is 12.8 Å². The van der Waals surface area contributed by atoms with Gasteiger partial charge in [0.1, 0.15) is 0 Å². The summed E-state index contributed by atoms with van der Waals surface area (Å²) in [6, 6.07) is 14.8. The van der Waals surface area contributed by atoms with Gasteiger partial charge in [-0.25, -0.2) is 0 Å². The van der Waals surface area contributed by atoms with Crippen molar-refractivity contribution in [2.75, 3.05) is 27.3 Å². The molecule has 3 nitrogen and oxygen atoms in total. The predicted molar refractivity (Wildman–Crippen MR) is 94.0 cm³/mol. The molecule has 0 saturated heterocycles. The van der Waals surface area contributed by atoms with Crippen molar-refractivity contribution >= 4 is 6.08 Å². The molecule has 3 heteroatoms. The normalized spacial score (nSPS) is 13.4. The number of ether oxygens (including phenoxy) is 2. The van der Waals surface area contributed by atoms with Crippen LogP contribution in [-0.2, 0) is 12.8 Å². The number of nitrogens with zero attached hydrogens (tertiary/aromatic N) is 1. The summed E-state index contributed by atoms with van der Waals surface area (Å²) in [7, 11) is 3.34. The lowest BCUT2D eigenvalue weighted by atomic mass is 10.1. The van der Waals surface area contributed by atoms with Gasteiger partial charge in [-0.15, -0.1) is 0 Å². The minimum atomic E-state index is 0.779. The average molecular weight is 309 g/mol. The second kappa shape index (κ2) is 7.23. The number of hydrogen-bond donors (Lipinski definition) is 0. The van der Waals surface area contributed by atoms with Gasteiger partial charge in [0.2, 0.25) is 0 Å². The molecule has 0 unspecified atom stereocenters. The molecule has 0 radical (unpaired) electrons. The lowest BCUT2D eigenvalue weighted by Gasteiger charge is -2.19. The van der Waals surface area contributed by atoms with Crippen molar-refractivity contribution in [1.29, 1.82) is 0 Å². The quantitative estimate of drug-likeness (QED) is 0.839. The van der Waals surface area contributed by atoms with Crippen LogP contribution < -0.4 is 9.47 Å². The second-order valence-corrected chi connectivity index (χ2v) is 5.74. The molecule has 0 atom stereocenters. The molecule has 0 aliphatic carbocycles. The molecule has 1 aliphatic rings. The molecule has 0 bridgehead atoms. The van der Waals surface area contributed by atoms with E-state index in [9.17, 15) is 0 Å². The maximum atomic E-state index is 5.38. The first kappa shape index (κ1) is 15.5. The Morgan fingerprint density at radius 1 is 1.00 bits per heavy atom. The molecule has 2 aromatic carbocycles. The number of methoxy groups -OCH3 is 2. The fourth-order valence-corrected chi connectivity index (χ4v) is 2.94. The highest BCUT2D eigenvalue weighted by Crippen LogP contribution is 2.27. The van der Waals surface area contributed by atoms with E-state index in [-0.39, 0.29) is 0 Å². The minimum Gasteiger partial charge on any atom is -0.493 e. The first-order chi connectivity index (χ1) is 11.3. The van der Waals surface area contributed by atoms with E-state index in [1.807, 2.05) is 6.07 Å². The van der Waals surface area contributed by atoms with Crippen molar-refractivity contribution in [3.05, 3.63) is 65.4 Å². The fourth-order valence-electron chi connectivity index (χ4n) is 2.94. The van der Waals surface area contributed by atoms with Crippen molar-refractivity contribution in [3.8, 4) is 11.5 Å². The molecular formula is C20H23NO2. The van der Waals surface area contributed by atoms with Gasteiger partial charge in [0, 0.05) is 13.1 Å². The van der Waals surface area contributed by atoms with Crippen molar-refractivity contribution in [1.82, 2.24) is 4.90 Å². The van der Waals surface area contributed by atoms with Crippen molar-refractivity contribution in [2.24, 2.45) is 0 Å². The Hall–Kier alpha value is -2.42. The maximum Gasteiger partial charge on any atom is 0.160 e. The van der Waals surface area contributed by atoms with Crippen molar-refractivity contribution in [3.63, 3.8) is 0 Å². The SMILES string of the molecule is COc1ccc(CCN2C=Cc3ccccc3CC2)cc1OC. The monoisotopic (exact) mass is 309 g/mol. The Labute approximate surface area is 138 Å².